The Hall–Kier alpha value is -1.56. The number of likely N-dealkylation sites (tertiary alicyclic amines) is 1. The molecule has 0 bridgehead atoms. The molecule has 0 amide bonds. The third-order valence-corrected chi connectivity index (χ3v) is 4.27. The highest BCUT2D eigenvalue weighted by atomic mass is 19.4. The Bertz CT molecular complexity index is 531. The van der Waals surface area contributed by atoms with Crippen molar-refractivity contribution in [3.63, 3.8) is 0 Å². The van der Waals surface area contributed by atoms with E-state index >= 15 is 0 Å². The fourth-order valence-electron chi connectivity index (χ4n) is 3.28. The minimum atomic E-state index is -4.34. The Labute approximate surface area is 114 Å². The minimum absolute atomic E-state index is 0.116. The number of aliphatic carboxylic acids is 1. The molecule has 3 atom stereocenters. The molecule has 0 radical (unpaired) electrons. The maximum atomic E-state index is 12.9. The summed E-state index contributed by atoms with van der Waals surface area (Å²) >= 11 is 0. The fraction of sp³-hybridized carbons (Fsp3) is 0.500. The predicted molar refractivity (Wildman–Crippen MR) is 64.8 cm³/mol. The van der Waals surface area contributed by atoms with Gasteiger partial charge in [-0.15, -0.1) is 0 Å². The van der Waals surface area contributed by atoms with Crippen LogP contribution in [0.15, 0.2) is 24.3 Å². The molecular weight excluding hydrogens is 271 g/mol. The molecule has 1 aromatic rings. The van der Waals surface area contributed by atoms with Crippen molar-refractivity contribution in [1.82, 2.24) is 4.90 Å². The average molecular weight is 285 g/mol. The molecule has 3 rings (SSSR count). The summed E-state index contributed by atoms with van der Waals surface area (Å²) in [6, 6.07) is 5.56. The van der Waals surface area contributed by atoms with Crippen molar-refractivity contribution in [2.75, 3.05) is 13.1 Å². The molecule has 1 aliphatic carbocycles. The van der Waals surface area contributed by atoms with Gasteiger partial charge in [-0.3, -0.25) is 9.69 Å². The van der Waals surface area contributed by atoms with E-state index in [9.17, 15) is 18.0 Å². The van der Waals surface area contributed by atoms with E-state index < -0.39 is 17.7 Å². The largest absolute Gasteiger partial charge is 0.481 e. The lowest BCUT2D eigenvalue weighted by Crippen LogP contribution is -2.27. The zero-order chi connectivity index (χ0) is 14.5. The van der Waals surface area contributed by atoms with Crippen LogP contribution in [0.2, 0.25) is 0 Å². The molecule has 1 saturated heterocycles. The molecule has 0 aromatic heterocycles. The van der Waals surface area contributed by atoms with Gasteiger partial charge in [0.1, 0.15) is 0 Å². The van der Waals surface area contributed by atoms with Crippen molar-refractivity contribution in [2.45, 2.75) is 12.7 Å². The van der Waals surface area contributed by atoms with Crippen molar-refractivity contribution in [3.8, 4) is 0 Å². The number of carbonyl (C=O) groups is 1. The second-order valence-corrected chi connectivity index (χ2v) is 5.54. The van der Waals surface area contributed by atoms with Gasteiger partial charge in [-0.1, -0.05) is 18.2 Å². The highest BCUT2D eigenvalue weighted by Crippen LogP contribution is 2.52. The van der Waals surface area contributed by atoms with Crippen molar-refractivity contribution in [3.05, 3.63) is 35.4 Å². The van der Waals surface area contributed by atoms with Crippen LogP contribution in [0, 0.1) is 17.8 Å². The fourth-order valence-corrected chi connectivity index (χ4v) is 3.28. The standard InChI is InChI=1S/C14H14F3NO2/c15-14(16,17)11-4-2-1-3-8(11)5-18-6-9-10(7-18)12(9)13(19)20/h1-4,9-10,12H,5-7H2,(H,19,20)/t9-,10+,12?. The molecule has 1 N–H and O–H groups in total. The summed E-state index contributed by atoms with van der Waals surface area (Å²) in [5.41, 5.74) is -0.344. The number of halogens is 3. The number of rotatable bonds is 3. The van der Waals surface area contributed by atoms with Gasteiger partial charge < -0.3 is 5.11 Å². The number of benzene rings is 1. The topological polar surface area (TPSA) is 40.5 Å². The van der Waals surface area contributed by atoms with Crippen LogP contribution in [-0.4, -0.2) is 29.1 Å². The Morgan fingerprint density at radius 2 is 1.85 bits per heavy atom. The summed E-state index contributed by atoms with van der Waals surface area (Å²) in [5.74, 6) is -0.837. The second-order valence-electron chi connectivity index (χ2n) is 5.54. The van der Waals surface area contributed by atoms with Gasteiger partial charge in [-0.25, -0.2) is 0 Å². The van der Waals surface area contributed by atoms with Crippen LogP contribution in [0.1, 0.15) is 11.1 Å². The van der Waals surface area contributed by atoms with Crippen molar-refractivity contribution < 1.29 is 23.1 Å². The lowest BCUT2D eigenvalue weighted by Gasteiger charge is -2.21. The molecule has 0 spiro atoms. The number of fused-ring (bicyclic) bond motifs is 1. The molecule has 20 heavy (non-hydrogen) atoms. The summed E-state index contributed by atoms with van der Waals surface area (Å²) < 4.78 is 38.6. The van der Waals surface area contributed by atoms with Crippen LogP contribution < -0.4 is 0 Å². The first-order valence-electron chi connectivity index (χ1n) is 6.48. The number of piperidine rings is 1. The first-order chi connectivity index (χ1) is 9.38. The third-order valence-electron chi connectivity index (χ3n) is 4.27. The lowest BCUT2D eigenvalue weighted by molar-refractivity contribution is -0.139. The van der Waals surface area contributed by atoms with Crippen LogP contribution in [0.4, 0.5) is 13.2 Å². The van der Waals surface area contributed by atoms with Crippen LogP contribution in [-0.2, 0) is 17.5 Å². The smallest absolute Gasteiger partial charge is 0.416 e. The highest BCUT2D eigenvalue weighted by molar-refractivity contribution is 5.74. The Kier molecular flexibility index (Phi) is 3.01. The van der Waals surface area contributed by atoms with Crippen LogP contribution in [0.3, 0.4) is 0 Å². The number of alkyl halides is 3. The van der Waals surface area contributed by atoms with Gasteiger partial charge >= 0.3 is 12.1 Å². The molecule has 1 unspecified atom stereocenters. The highest BCUT2D eigenvalue weighted by Gasteiger charge is 2.59. The van der Waals surface area contributed by atoms with Gasteiger partial charge in [0.2, 0.25) is 0 Å². The van der Waals surface area contributed by atoms with Gasteiger partial charge in [0.05, 0.1) is 11.5 Å². The lowest BCUT2D eigenvalue weighted by atomic mass is 10.1. The maximum absolute atomic E-state index is 12.9. The van der Waals surface area contributed by atoms with E-state index in [2.05, 4.69) is 0 Å². The van der Waals surface area contributed by atoms with E-state index in [0.29, 0.717) is 13.1 Å². The molecule has 2 aliphatic rings. The van der Waals surface area contributed by atoms with E-state index in [0.717, 1.165) is 6.07 Å². The first-order valence-corrected chi connectivity index (χ1v) is 6.48. The normalized spacial score (nSPS) is 29.2. The van der Waals surface area contributed by atoms with E-state index in [4.69, 9.17) is 5.11 Å². The van der Waals surface area contributed by atoms with Crippen LogP contribution in [0.5, 0.6) is 0 Å². The first kappa shape index (κ1) is 13.4. The Morgan fingerprint density at radius 1 is 1.25 bits per heavy atom. The van der Waals surface area contributed by atoms with E-state index in [1.54, 1.807) is 6.07 Å². The Balaban J connectivity index is 1.68. The van der Waals surface area contributed by atoms with Gasteiger partial charge in [0, 0.05) is 19.6 Å². The molecule has 2 fully saturated rings. The van der Waals surface area contributed by atoms with Gasteiger partial charge in [-0.2, -0.15) is 13.2 Å². The summed E-state index contributed by atoms with van der Waals surface area (Å²) in [5, 5.41) is 8.92. The van der Waals surface area contributed by atoms with Crippen LogP contribution >= 0.6 is 0 Å². The van der Waals surface area contributed by atoms with E-state index in [1.807, 2.05) is 4.90 Å². The third kappa shape index (κ3) is 2.28. The van der Waals surface area contributed by atoms with Gasteiger partial charge in [0.25, 0.3) is 0 Å². The molecule has 1 saturated carbocycles. The second kappa shape index (κ2) is 4.48. The van der Waals surface area contributed by atoms with E-state index in [1.165, 1.54) is 12.1 Å². The van der Waals surface area contributed by atoms with Crippen LogP contribution in [0.25, 0.3) is 0 Å². The number of nitrogens with zero attached hydrogens (tertiary/aromatic N) is 1. The van der Waals surface area contributed by atoms with E-state index in [-0.39, 0.29) is 29.9 Å². The molecule has 108 valence electrons. The molecule has 3 nitrogen and oxygen atoms in total. The minimum Gasteiger partial charge on any atom is -0.481 e. The maximum Gasteiger partial charge on any atom is 0.416 e. The SMILES string of the molecule is O=C(O)C1[C@H]2CN(Cc3ccccc3C(F)(F)F)C[C@@H]12. The number of hydrogen-bond acceptors (Lipinski definition) is 2. The summed E-state index contributed by atoms with van der Waals surface area (Å²) in [7, 11) is 0. The molecular formula is C14H14F3NO2. The predicted octanol–water partition coefficient (Wildman–Crippen LogP) is 2.47. The zero-order valence-corrected chi connectivity index (χ0v) is 10.6. The molecule has 1 heterocycles. The molecule has 1 aliphatic heterocycles. The monoisotopic (exact) mass is 285 g/mol. The van der Waals surface area contributed by atoms with Gasteiger partial charge in [0.15, 0.2) is 0 Å². The Morgan fingerprint density at radius 3 is 2.40 bits per heavy atom. The van der Waals surface area contributed by atoms with Crippen molar-refractivity contribution in [2.24, 2.45) is 17.8 Å². The quantitative estimate of drug-likeness (QED) is 0.927. The summed E-state index contributed by atoms with van der Waals surface area (Å²) in [6.45, 7) is 1.39. The molecule has 1 aromatic carbocycles. The number of hydrogen-bond donors (Lipinski definition) is 1. The van der Waals surface area contributed by atoms with Crippen molar-refractivity contribution in [1.29, 1.82) is 0 Å². The van der Waals surface area contributed by atoms with Crippen molar-refractivity contribution >= 4 is 5.97 Å². The summed E-state index contributed by atoms with van der Waals surface area (Å²) in [6.07, 6.45) is -4.34. The average Bonchev–Trinajstić information content (AvgIpc) is 2.87. The molecule has 6 heteroatoms. The zero-order valence-electron chi connectivity index (χ0n) is 10.6. The number of carboxylic acids is 1. The summed E-state index contributed by atoms with van der Waals surface area (Å²) in [4.78, 5) is 12.8. The van der Waals surface area contributed by atoms with Gasteiger partial charge in [-0.05, 0) is 23.5 Å². The number of carboxylic acid groups (broad SMARTS) is 1.